The molecule has 0 radical (unpaired) electrons. The van der Waals surface area contributed by atoms with Gasteiger partial charge < -0.3 is 23.9 Å². The van der Waals surface area contributed by atoms with E-state index in [-0.39, 0.29) is 34.7 Å². The van der Waals surface area contributed by atoms with Gasteiger partial charge in [0.1, 0.15) is 17.4 Å². The van der Waals surface area contributed by atoms with E-state index in [0.29, 0.717) is 50.5 Å². The Bertz CT molecular complexity index is 1700. The highest BCUT2D eigenvalue weighted by Crippen LogP contribution is 2.59. The topological polar surface area (TPSA) is 124 Å². The second kappa shape index (κ2) is 16.7. The lowest BCUT2D eigenvalue weighted by Gasteiger charge is -2.34. The summed E-state index contributed by atoms with van der Waals surface area (Å²) in [5, 5.41) is 5.18. The van der Waals surface area contributed by atoms with Gasteiger partial charge in [0.2, 0.25) is 11.8 Å². The number of Topliss-reactive ketones (excluding diaryl/α,β-unsaturated/α-hetero) is 1. The molecule has 2 atom stereocenters. The summed E-state index contributed by atoms with van der Waals surface area (Å²) in [5.74, 6) is 1.22. The number of likely N-dealkylation sites (tertiary alicyclic amines) is 1. The third-order valence-corrected chi connectivity index (χ3v) is 10.7. The van der Waals surface area contributed by atoms with Gasteiger partial charge in [-0.15, -0.1) is 0 Å². The molecule has 2 fully saturated rings. The van der Waals surface area contributed by atoms with Crippen LogP contribution in [0.3, 0.4) is 0 Å². The van der Waals surface area contributed by atoms with Crippen molar-refractivity contribution in [1.82, 2.24) is 19.8 Å². The molecule has 1 saturated heterocycles. The smallest absolute Gasteiger partial charge is 0.410 e. The predicted octanol–water partition coefficient (Wildman–Crippen LogP) is 8.35. The fourth-order valence-electron chi connectivity index (χ4n) is 7.10. The Labute approximate surface area is 303 Å². The third-order valence-electron chi connectivity index (χ3n) is 10.2. The van der Waals surface area contributed by atoms with Crippen molar-refractivity contribution in [3.05, 3.63) is 52.8 Å². The normalized spacial score (nSPS) is 17.5. The molecule has 2 amide bonds. The molecule has 5 rings (SSSR count). The Kier molecular flexibility index (Phi) is 12.6. The Balaban J connectivity index is 1.26. The number of benzene rings is 1. The van der Waals surface area contributed by atoms with E-state index in [9.17, 15) is 19.2 Å². The Hall–Kier alpha value is -3.47. The Morgan fingerprint density at radius 3 is 2.54 bits per heavy atom. The standard InChI is InChI=1S/C39H53BrN4O6/c1-5-29(45)12-8-6-9-13-31(42-35(47)30-25-39(30)18-22-43(23-19-39)37(48)50-38(2,3)4)36-41-26-33(49-36)28-14-16-32-27(24-28)15-17-34(46)44(32)21-11-7-10-20-40/h14-17,24,26,30-31H,5-13,18-23,25H2,1-4H3,(H,42,47)/t30-,31+/m1/s1. The van der Waals surface area contributed by atoms with E-state index >= 15 is 0 Å². The van der Waals surface area contributed by atoms with E-state index in [4.69, 9.17) is 9.15 Å². The molecule has 272 valence electrons. The summed E-state index contributed by atoms with van der Waals surface area (Å²) in [6.07, 6.45) is 11.1. The lowest BCUT2D eigenvalue weighted by Crippen LogP contribution is -2.43. The number of nitrogens with one attached hydrogen (secondary N) is 1. The minimum absolute atomic E-state index is 0.00133. The van der Waals surface area contributed by atoms with Gasteiger partial charge in [0.15, 0.2) is 5.76 Å². The molecule has 1 N–H and O–H groups in total. The molecule has 11 heteroatoms. The second-order valence-corrected chi connectivity index (χ2v) is 15.8. The summed E-state index contributed by atoms with van der Waals surface area (Å²) in [5.41, 5.74) is 1.10. The molecule has 3 heterocycles. The highest BCUT2D eigenvalue weighted by atomic mass is 79.9. The number of rotatable bonds is 16. The molecule has 2 aromatic heterocycles. The quantitative estimate of drug-likeness (QED) is 0.115. The van der Waals surface area contributed by atoms with Crippen LogP contribution < -0.4 is 10.9 Å². The number of halogens is 1. The lowest BCUT2D eigenvalue weighted by molar-refractivity contribution is -0.124. The summed E-state index contributed by atoms with van der Waals surface area (Å²) >= 11 is 3.48. The number of unbranched alkanes of at least 4 members (excludes halogenated alkanes) is 4. The van der Waals surface area contributed by atoms with Crippen molar-refractivity contribution in [2.24, 2.45) is 11.3 Å². The van der Waals surface area contributed by atoms with Gasteiger partial charge in [-0.05, 0) is 101 Å². The van der Waals surface area contributed by atoms with Gasteiger partial charge in [-0.25, -0.2) is 9.78 Å². The first-order valence-electron chi connectivity index (χ1n) is 18.4. The highest BCUT2D eigenvalue weighted by Gasteiger charge is 2.59. The SMILES string of the molecule is CCC(=O)CCCCC[C@H](NC(=O)[C@H]1CC12CCN(C(=O)OC(C)(C)C)CC2)c1ncc(-c2ccc3c(ccc(=O)n3CCCCCBr)c2)o1. The van der Waals surface area contributed by atoms with Crippen LogP contribution in [0.2, 0.25) is 0 Å². The van der Waals surface area contributed by atoms with Crippen LogP contribution in [-0.2, 0) is 20.9 Å². The average molecular weight is 754 g/mol. The van der Waals surface area contributed by atoms with Gasteiger partial charge in [-0.3, -0.25) is 14.4 Å². The number of carbonyl (C=O) groups is 3. The van der Waals surface area contributed by atoms with Crippen molar-refractivity contribution in [3.63, 3.8) is 0 Å². The van der Waals surface area contributed by atoms with Crippen LogP contribution in [0.5, 0.6) is 0 Å². The molecule has 50 heavy (non-hydrogen) atoms. The second-order valence-electron chi connectivity index (χ2n) is 15.0. The lowest BCUT2D eigenvalue weighted by atomic mass is 9.90. The molecular weight excluding hydrogens is 700 g/mol. The van der Waals surface area contributed by atoms with Gasteiger partial charge in [-0.2, -0.15) is 0 Å². The maximum Gasteiger partial charge on any atom is 0.410 e. The first-order chi connectivity index (χ1) is 23.9. The number of piperidine rings is 1. The van der Waals surface area contributed by atoms with E-state index in [0.717, 1.165) is 79.6 Å². The molecule has 3 aromatic rings. The largest absolute Gasteiger partial charge is 0.444 e. The zero-order chi connectivity index (χ0) is 35.9. The number of ether oxygens (including phenoxy) is 1. The summed E-state index contributed by atoms with van der Waals surface area (Å²) in [4.78, 5) is 57.2. The number of fused-ring (bicyclic) bond motifs is 1. The fraction of sp³-hybridized carbons (Fsp3) is 0.615. The summed E-state index contributed by atoms with van der Waals surface area (Å²) < 4.78 is 13.7. The number of aryl methyl sites for hydroxylation is 1. The number of carbonyl (C=O) groups excluding carboxylic acids is 3. The van der Waals surface area contributed by atoms with E-state index in [1.54, 1.807) is 17.2 Å². The molecule has 1 spiro atoms. The number of amides is 2. The van der Waals surface area contributed by atoms with Gasteiger partial charge in [0.05, 0.1) is 11.7 Å². The molecule has 1 aliphatic carbocycles. The predicted molar refractivity (Wildman–Crippen MR) is 198 cm³/mol. The molecule has 1 saturated carbocycles. The molecular formula is C39H53BrN4O6. The third kappa shape index (κ3) is 9.65. The zero-order valence-electron chi connectivity index (χ0n) is 30.1. The molecule has 10 nitrogen and oxygen atoms in total. The van der Waals surface area contributed by atoms with Crippen LogP contribution in [-0.4, -0.2) is 56.3 Å². The van der Waals surface area contributed by atoms with Gasteiger partial charge >= 0.3 is 6.09 Å². The molecule has 2 aliphatic rings. The minimum atomic E-state index is -0.542. The highest BCUT2D eigenvalue weighted by molar-refractivity contribution is 9.09. The number of alkyl halides is 1. The van der Waals surface area contributed by atoms with Crippen LogP contribution in [0.15, 0.2) is 45.7 Å². The first kappa shape index (κ1) is 37.8. The maximum absolute atomic E-state index is 13.7. The Morgan fingerprint density at radius 2 is 1.82 bits per heavy atom. The minimum Gasteiger partial charge on any atom is -0.444 e. The van der Waals surface area contributed by atoms with Crippen molar-refractivity contribution < 1.29 is 23.5 Å². The summed E-state index contributed by atoms with van der Waals surface area (Å²) in [6.45, 7) is 9.33. The monoisotopic (exact) mass is 752 g/mol. The van der Waals surface area contributed by atoms with Gasteiger partial charge in [0, 0.05) is 55.4 Å². The van der Waals surface area contributed by atoms with Crippen LogP contribution in [0.4, 0.5) is 4.79 Å². The van der Waals surface area contributed by atoms with Gasteiger partial charge in [0.25, 0.3) is 5.56 Å². The van der Waals surface area contributed by atoms with Crippen molar-refractivity contribution >= 4 is 44.6 Å². The van der Waals surface area contributed by atoms with E-state index < -0.39 is 11.6 Å². The van der Waals surface area contributed by atoms with Crippen molar-refractivity contribution in [2.75, 3.05) is 18.4 Å². The van der Waals surface area contributed by atoms with Crippen molar-refractivity contribution in [1.29, 1.82) is 0 Å². The average Bonchev–Trinajstić information content (AvgIpc) is 3.55. The summed E-state index contributed by atoms with van der Waals surface area (Å²) in [7, 11) is 0. The number of hydrogen-bond donors (Lipinski definition) is 1. The number of pyridine rings is 1. The number of aromatic nitrogens is 2. The number of nitrogens with zero attached hydrogens (tertiary/aromatic N) is 3. The van der Waals surface area contributed by atoms with E-state index in [2.05, 4.69) is 26.2 Å². The Morgan fingerprint density at radius 1 is 1.06 bits per heavy atom. The van der Waals surface area contributed by atoms with Crippen LogP contribution in [0.1, 0.15) is 117 Å². The molecule has 0 bridgehead atoms. The van der Waals surface area contributed by atoms with Crippen LogP contribution in [0, 0.1) is 11.3 Å². The van der Waals surface area contributed by atoms with Crippen LogP contribution >= 0.6 is 15.9 Å². The van der Waals surface area contributed by atoms with E-state index in [1.807, 2.05) is 56.5 Å². The van der Waals surface area contributed by atoms with Crippen LogP contribution in [0.25, 0.3) is 22.2 Å². The first-order valence-corrected chi connectivity index (χ1v) is 19.5. The fourth-order valence-corrected chi connectivity index (χ4v) is 7.49. The number of hydrogen-bond acceptors (Lipinski definition) is 7. The van der Waals surface area contributed by atoms with Crippen molar-refractivity contribution in [2.45, 2.75) is 123 Å². The molecule has 1 aromatic carbocycles. The molecule has 1 aliphatic heterocycles. The zero-order valence-corrected chi connectivity index (χ0v) is 31.7. The van der Waals surface area contributed by atoms with Gasteiger partial charge in [-0.1, -0.05) is 42.1 Å². The number of ketones is 1. The van der Waals surface area contributed by atoms with E-state index in [1.165, 1.54) is 0 Å². The molecule has 0 unspecified atom stereocenters. The summed E-state index contributed by atoms with van der Waals surface area (Å²) in [6, 6.07) is 9.01. The van der Waals surface area contributed by atoms with Crippen molar-refractivity contribution in [3.8, 4) is 11.3 Å². The maximum atomic E-state index is 13.7. The number of oxazole rings is 1.